The first-order valence-electron chi connectivity index (χ1n) is 9.96. The molecule has 1 aromatic carbocycles. The monoisotopic (exact) mass is 446 g/mol. The Morgan fingerprint density at radius 2 is 1.97 bits per heavy atom. The van der Waals surface area contributed by atoms with Gasteiger partial charge in [0.1, 0.15) is 11.8 Å². The lowest BCUT2D eigenvalue weighted by molar-refractivity contribution is -0.129. The number of piperidine rings is 1. The summed E-state index contributed by atoms with van der Waals surface area (Å²) in [6.07, 6.45) is 4.21. The third kappa shape index (κ3) is 5.59. The van der Waals surface area contributed by atoms with Gasteiger partial charge in [0.05, 0.1) is 29.8 Å². The number of ether oxygens (including phenoxy) is 1. The highest BCUT2D eigenvalue weighted by Crippen LogP contribution is 2.25. The molecule has 31 heavy (non-hydrogen) atoms. The van der Waals surface area contributed by atoms with Gasteiger partial charge in [-0.25, -0.2) is 8.42 Å². The lowest BCUT2D eigenvalue weighted by Gasteiger charge is -2.31. The van der Waals surface area contributed by atoms with Crippen molar-refractivity contribution in [2.24, 2.45) is 5.92 Å². The molecule has 10 heteroatoms. The van der Waals surface area contributed by atoms with Gasteiger partial charge in [0.25, 0.3) is 0 Å². The molecular formula is C21H26N4O5S. The van der Waals surface area contributed by atoms with Gasteiger partial charge in [-0.1, -0.05) is 0 Å². The van der Waals surface area contributed by atoms with Crippen molar-refractivity contribution in [2.75, 3.05) is 25.5 Å². The molecule has 0 radical (unpaired) electrons. The number of carbonyl (C=O) groups excluding carboxylic acids is 2. The number of methoxy groups -OCH3 is 1. The van der Waals surface area contributed by atoms with Crippen LogP contribution in [0.5, 0.6) is 5.75 Å². The first-order valence-corrected chi connectivity index (χ1v) is 11.4. The fraction of sp³-hybridized carbons (Fsp3) is 0.381. The van der Waals surface area contributed by atoms with Crippen LogP contribution in [0.2, 0.25) is 0 Å². The van der Waals surface area contributed by atoms with Crippen molar-refractivity contribution in [3.05, 3.63) is 48.8 Å². The number of anilines is 1. The van der Waals surface area contributed by atoms with E-state index in [1.807, 2.05) is 0 Å². The average molecular weight is 447 g/mol. The Labute approximate surface area is 181 Å². The molecule has 0 aliphatic carbocycles. The van der Waals surface area contributed by atoms with Gasteiger partial charge in [0.15, 0.2) is 0 Å². The van der Waals surface area contributed by atoms with Crippen molar-refractivity contribution < 1.29 is 22.7 Å². The largest absolute Gasteiger partial charge is 0.497 e. The van der Waals surface area contributed by atoms with Gasteiger partial charge in [0, 0.05) is 19.3 Å². The van der Waals surface area contributed by atoms with Crippen molar-refractivity contribution >= 4 is 27.5 Å². The first kappa shape index (κ1) is 22.7. The zero-order valence-corrected chi connectivity index (χ0v) is 18.3. The van der Waals surface area contributed by atoms with E-state index in [1.54, 1.807) is 37.4 Å². The van der Waals surface area contributed by atoms with Gasteiger partial charge in [-0.05, 0) is 56.2 Å². The summed E-state index contributed by atoms with van der Waals surface area (Å²) in [5.41, 5.74) is 0.531. The number of amides is 2. The number of nitrogens with zero attached hydrogens (tertiary/aromatic N) is 2. The first-order chi connectivity index (χ1) is 14.8. The van der Waals surface area contributed by atoms with E-state index in [1.165, 1.54) is 29.7 Å². The van der Waals surface area contributed by atoms with E-state index in [2.05, 4.69) is 15.6 Å². The molecule has 2 N–H and O–H groups in total. The summed E-state index contributed by atoms with van der Waals surface area (Å²) in [6.45, 7) is 1.99. The summed E-state index contributed by atoms with van der Waals surface area (Å²) in [7, 11) is -2.22. The van der Waals surface area contributed by atoms with E-state index in [4.69, 9.17) is 4.74 Å². The zero-order valence-electron chi connectivity index (χ0n) is 17.4. The number of hydrogen-bond donors (Lipinski definition) is 2. The minimum Gasteiger partial charge on any atom is -0.497 e. The molecule has 0 spiro atoms. The maximum Gasteiger partial charge on any atom is 0.246 e. The fourth-order valence-corrected chi connectivity index (χ4v) is 4.88. The van der Waals surface area contributed by atoms with Crippen molar-refractivity contribution in [1.82, 2.24) is 14.6 Å². The molecule has 1 unspecified atom stereocenters. The maximum atomic E-state index is 13.0. The lowest BCUT2D eigenvalue weighted by atomic mass is 9.98. The van der Waals surface area contributed by atoms with E-state index in [0.29, 0.717) is 30.8 Å². The summed E-state index contributed by atoms with van der Waals surface area (Å²) in [6, 6.07) is 8.76. The molecule has 2 amide bonds. The van der Waals surface area contributed by atoms with Gasteiger partial charge >= 0.3 is 0 Å². The van der Waals surface area contributed by atoms with Crippen LogP contribution in [0.15, 0.2) is 53.7 Å². The Kier molecular flexibility index (Phi) is 7.24. The lowest BCUT2D eigenvalue weighted by Crippen LogP contribution is -2.49. The van der Waals surface area contributed by atoms with E-state index in [9.17, 15) is 18.0 Å². The van der Waals surface area contributed by atoms with Crippen LogP contribution in [-0.4, -0.2) is 55.8 Å². The van der Waals surface area contributed by atoms with Gasteiger partial charge in [-0.3, -0.25) is 14.6 Å². The van der Waals surface area contributed by atoms with Crippen LogP contribution in [0.4, 0.5) is 5.69 Å². The van der Waals surface area contributed by atoms with Crippen LogP contribution in [0.3, 0.4) is 0 Å². The molecule has 1 fully saturated rings. The van der Waals surface area contributed by atoms with Crippen molar-refractivity contribution in [1.29, 1.82) is 0 Å². The number of pyridine rings is 1. The molecule has 0 saturated carbocycles. The molecular weight excluding hydrogens is 420 g/mol. The van der Waals surface area contributed by atoms with Gasteiger partial charge in [-0.15, -0.1) is 0 Å². The molecule has 2 heterocycles. The Morgan fingerprint density at radius 3 is 2.61 bits per heavy atom. The second kappa shape index (κ2) is 9.88. The number of rotatable bonds is 7. The van der Waals surface area contributed by atoms with E-state index in [0.717, 1.165) is 0 Å². The molecule has 3 rings (SSSR count). The molecule has 2 aromatic rings. The molecule has 1 saturated heterocycles. The van der Waals surface area contributed by atoms with Gasteiger partial charge in [0.2, 0.25) is 21.8 Å². The highest BCUT2D eigenvalue weighted by molar-refractivity contribution is 7.89. The number of sulfonamides is 1. The van der Waals surface area contributed by atoms with Crippen molar-refractivity contribution in [3.63, 3.8) is 0 Å². The number of aromatic nitrogens is 1. The van der Waals surface area contributed by atoms with Crippen LogP contribution in [0, 0.1) is 5.92 Å². The zero-order chi connectivity index (χ0) is 22.4. The van der Waals surface area contributed by atoms with Crippen LogP contribution >= 0.6 is 0 Å². The van der Waals surface area contributed by atoms with Gasteiger partial charge < -0.3 is 15.4 Å². The summed E-state index contributed by atoms with van der Waals surface area (Å²) < 4.78 is 32.3. The summed E-state index contributed by atoms with van der Waals surface area (Å²) >= 11 is 0. The Bertz CT molecular complexity index is 1010. The van der Waals surface area contributed by atoms with E-state index >= 15 is 0 Å². The summed E-state index contributed by atoms with van der Waals surface area (Å²) in [5, 5.41) is 5.37. The normalized spacial score (nSPS) is 18.1. The maximum absolute atomic E-state index is 13.0. The smallest absolute Gasteiger partial charge is 0.246 e. The Morgan fingerprint density at radius 1 is 1.23 bits per heavy atom. The van der Waals surface area contributed by atoms with E-state index < -0.39 is 22.0 Å². The number of benzene rings is 1. The minimum atomic E-state index is -3.73. The fourth-order valence-electron chi connectivity index (χ4n) is 3.36. The Balaban J connectivity index is 1.61. The van der Waals surface area contributed by atoms with Crippen LogP contribution in [-0.2, 0) is 19.6 Å². The van der Waals surface area contributed by atoms with Gasteiger partial charge in [-0.2, -0.15) is 4.31 Å². The van der Waals surface area contributed by atoms with Crippen molar-refractivity contribution in [2.45, 2.75) is 30.7 Å². The molecule has 9 nitrogen and oxygen atoms in total. The Hall–Kier alpha value is -2.98. The van der Waals surface area contributed by atoms with Crippen LogP contribution in [0.25, 0.3) is 0 Å². The average Bonchev–Trinajstić information content (AvgIpc) is 2.79. The predicted molar refractivity (Wildman–Crippen MR) is 115 cm³/mol. The van der Waals surface area contributed by atoms with E-state index in [-0.39, 0.29) is 23.3 Å². The number of hydrogen-bond acceptors (Lipinski definition) is 6. The third-order valence-corrected chi connectivity index (χ3v) is 7.01. The molecule has 1 aliphatic heterocycles. The van der Waals surface area contributed by atoms with Crippen LogP contribution in [0.1, 0.15) is 19.8 Å². The molecule has 2 atom stereocenters. The number of nitrogens with one attached hydrogen (secondary N) is 2. The molecule has 166 valence electrons. The van der Waals surface area contributed by atoms with Crippen molar-refractivity contribution in [3.8, 4) is 5.75 Å². The predicted octanol–water partition coefficient (Wildman–Crippen LogP) is 1.63. The molecule has 0 bridgehead atoms. The topological polar surface area (TPSA) is 118 Å². The van der Waals surface area contributed by atoms with Crippen LogP contribution < -0.4 is 15.4 Å². The minimum absolute atomic E-state index is 0.0666. The second-order valence-electron chi connectivity index (χ2n) is 7.34. The second-order valence-corrected chi connectivity index (χ2v) is 9.28. The molecule has 1 aromatic heterocycles. The summed E-state index contributed by atoms with van der Waals surface area (Å²) in [5.74, 6) is -0.688. The SMILES string of the molecule is COc1ccc(S(=O)(=O)N2CCCC(C(=O)N[C@@H](C)C(=O)Nc3cccnc3)C2)cc1. The quantitative estimate of drug-likeness (QED) is 0.668. The highest BCUT2D eigenvalue weighted by atomic mass is 32.2. The molecule has 1 aliphatic rings. The highest BCUT2D eigenvalue weighted by Gasteiger charge is 2.34. The standard InChI is InChI=1S/C21H26N4O5S/c1-15(20(26)24-17-6-3-11-22-13-17)23-21(27)16-5-4-12-25(14-16)31(28,29)19-9-7-18(30-2)8-10-19/h3,6-11,13,15-16H,4-5,12,14H2,1-2H3,(H,23,27)(H,24,26)/t15-,16?/m0/s1. The summed E-state index contributed by atoms with van der Waals surface area (Å²) in [4.78, 5) is 29.1. The number of carbonyl (C=O) groups is 2. The third-order valence-electron chi connectivity index (χ3n) is 5.13.